The number of imidazole rings is 1. The Balaban J connectivity index is 0.00000132. The first-order valence-electron chi connectivity index (χ1n) is 6.79. The third-order valence-electron chi connectivity index (χ3n) is 3.45. The maximum atomic E-state index is 12.0. The van der Waals surface area contributed by atoms with E-state index in [9.17, 15) is 4.79 Å². The maximum Gasteiger partial charge on any atom is 0.249 e. The van der Waals surface area contributed by atoms with Gasteiger partial charge in [0.2, 0.25) is 5.91 Å². The first kappa shape index (κ1) is 20.1. The minimum Gasteiger partial charge on any atom is -0.364 e. The van der Waals surface area contributed by atoms with Crippen molar-refractivity contribution in [1.29, 1.82) is 0 Å². The van der Waals surface area contributed by atoms with Crippen molar-refractivity contribution in [2.75, 3.05) is 6.54 Å². The standard InChI is InChI=1S/C13H16BrN5O2.2ClH/c14-7-3-9-12(16-5-7)19-11(18-9)6-17-13(20)10-2-1-8(4-15)21-10;;/h3,5,8,10H,1-2,4,6,15H2,(H,17,20)(H,16,18,19);2*1H/t8-,10+;;/m1../s1. The number of aromatic amines is 1. The number of hydrogen-bond acceptors (Lipinski definition) is 5. The highest BCUT2D eigenvalue weighted by atomic mass is 79.9. The molecule has 23 heavy (non-hydrogen) atoms. The second-order valence-corrected chi connectivity index (χ2v) is 5.90. The Morgan fingerprint density at radius 3 is 2.96 bits per heavy atom. The van der Waals surface area contributed by atoms with E-state index in [2.05, 4.69) is 36.2 Å². The molecule has 2 aromatic heterocycles. The van der Waals surface area contributed by atoms with Crippen molar-refractivity contribution >= 4 is 57.8 Å². The summed E-state index contributed by atoms with van der Waals surface area (Å²) < 4.78 is 6.43. The van der Waals surface area contributed by atoms with Crippen LogP contribution in [0, 0.1) is 0 Å². The fourth-order valence-electron chi connectivity index (χ4n) is 2.36. The molecule has 2 atom stereocenters. The molecule has 3 heterocycles. The van der Waals surface area contributed by atoms with E-state index in [-0.39, 0.29) is 36.8 Å². The van der Waals surface area contributed by atoms with Crippen LogP contribution in [0.25, 0.3) is 11.2 Å². The lowest BCUT2D eigenvalue weighted by atomic mass is 10.2. The molecule has 7 nitrogen and oxygen atoms in total. The SMILES string of the molecule is Cl.Cl.NC[C@H]1CC[C@@H](C(=O)NCc2nc3ncc(Br)cc3[nH]2)O1. The van der Waals surface area contributed by atoms with E-state index >= 15 is 0 Å². The topological polar surface area (TPSA) is 106 Å². The zero-order valence-corrected chi connectivity index (χ0v) is 15.3. The molecule has 4 N–H and O–H groups in total. The number of rotatable bonds is 4. The largest absolute Gasteiger partial charge is 0.364 e. The number of hydrogen-bond donors (Lipinski definition) is 3. The van der Waals surface area contributed by atoms with Crippen LogP contribution in [0.2, 0.25) is 0 Å². The van der Waals surface area contributed by atoms with Gasteiger partial charge in [-0.2, -0.15) is 0 Å². The molecule has 0 aliphatic carbocycles. The first-order valence-corrected chi connectivity index (χ1v) is 7.58. The Kier molecular flexibility index (Phi) is 7.69. The Morgan fingerprint density at radius 2 is 2.26 bits per heavy atom. The quantitative estimate of drug-likeness (QED) is 0.689. The number of carbonyl (C=O) groups is 1. The van der Waals surface area contributed by atoms with Gasteiger partial charge in [-0.3, -0.25) is 4.79 Å². The van der Waals surface area contributed by atoms with Gasteiger partial charge in [0.25, 0.3) is 0 Å². The fraction of sp³-hybridized carbons (Fsp3) is 0.462. The van der Waals surface area contributed by atoms with Gasteiger partial charge in [-0.25, -0.2) is 9.97 Å². The highest BCUT2D eigenvalue weighted by molar-refractivity contribution is 9.10. The summed E-state index contributed by atoms with van der Waals surface area (Å²) in [5.74, 6) is 0.540. The Labute approximate surface area is 154 Å². The molecule has 0 radical (unpaired) electrons. The van der Waals surface area contributed by atoms with E-state index in [0.717, 1.165) is 16.4 Å². The number of carbonyl (C=O) groups excluding carboxylic acids is 1. The first-order chi connectivity index (χ1) is 10.2. The number of amides is 1. The minimum absolute atomic E-state index is 0. The highest BCUT2D eigenvalue weighted by Gasteiger charge is 2.29. The van der Waals surface area contributed by atoms with Crippen LogP contribution >= 0.6 is 40.7 Å². The van der Waals surface area contributed by atoms with E-state index in [1.54, 1.807) is 6.20 Å². The van der Waals surface area contributed by atoms with Gasteiger partial charge in [-0.1, -0.05) is 0 Å². The lowest BCUT2D eigenvalue weighted by molar-refractivity contribution is -0.132. The second kappa shape index (κ2) is 8.79. The number of fused-ring (bicyclic) bond motifs is 1. The lowest BCUT2D eigenvalue weighted by Gasteiger charge is -2.11. The predicted molar refractivity (Wildman–Crippen MR) is 94.9 cm³/mol. The predicted octanol–water partition coefficient (Wildman–Crippen LogP) is 1.69. The van der Waals surface area contributed by atoms with Gasteiger partial charge >= 0.3 is 0 Å². The third-order valence-corrected chi connectivity index (χ3v) is 3.88. The molecular weight excluding hydrogens is 409 g/mol. The molecule has 0 saturated carbocycles. The van der Waals surface area contributed by atoms with Crippen LogP contribution in [-0.2, 0) is 16.1 Å². The van der Waals surface area contributed by atoms with E-state index in [4.69, 9.17) is 10.5 Å². The van der Waals surface area contributed by atoms with Gasteiger partial charge in [-0.05, 0) is 34.8 Å². The van der Waals surface area contributed by atoms with Crippen molar-refractivity contribution in [3.05, 3.63) is 22.6 Å². The van der Waals surface area contributed by atoms with Crippen LogP contribution in [0.15, 0.2) is 16.7 Å². The van der Waals surface area contributed by atoms with Gasteiger partial charge in [-0.15, -0.1) is 24.8 Å². The number of pyridine rings is 1. The Bertz CT molecular complexity index is 669. The van der Waals surface area contributed by atoms with Crippen molar-refractivity contribution in [2.24, 2.45) is 5.73 Å². The monoisotopic (exact) mass is 425 g/mol. The molecule has 1 amide bonds. The molecule has 0 spiro atoms. The molecule has 0 aromatic carbocycles. The van der Waals surface area contributed by atoms with Crippen molar-refractivity contribution in [1.82, 2.24) is 20.3 Å². The normalized spacial score (nSPS) is 19.9. The van der Waals surface area contributed by atoms with Crippen LogP contribution in [0.1, 0.15) is 18.7 Å². The van der Waals surface area contributed by atoms with Gasteiger partial charge in [0, 0.05) is 17.2 Å². The molecule has 1 fully saturated rings. The number of nitrogens with two attached hydrogens (primary N) is 1. The molecule has 1 aliphatic rings. The van der Waals surface area contributed by atoms with Gasteiger partial charge in [0.15, 0.2) is 5.65 Å². The van der Waals surface area contributed by atoms with E-state index < -0.39 is 6.10 Å². The lowest BCUT2D eigenvalue weighted by Crippen LogP contribution is -2.35. The summed E-state index contributed by atoms with van der Waals surface area (Å²) in [5, 5.41) is 2.82. The van der Waals surface area contributed by atoms with Gasteiger partial charge in [0.05, 0.1) is 18.2 Å². The number of nitrogens with zero attached hydrogens (tertiary/aromatic N) is 2. The summed E-state index contributed by atoms with van der Waals surface area (Å²) in [6.07, 6.45) is 2.81. The highest BCUT2D eigenvalue weighted by Crippen LogP contribution is 2.19. The average Bonchev–Trinajstić information content (AvgIpc) is 3.10. The molecule has 2 aromatic rings. The maximum absolute atomic E-state index is 12.0. The van der Waals surface area contributed by atoms with Crippen LogP contribution in [0.3, 0.4) is 0 Å². The summed E-state index contributed by atoms with van der Waals surface area (Å²) in [6, 6.07) is 1.90. The van der Waals surface area contributed by atoms with E-state index in [1.165, 1.54) is 0 Å². The van der Waals surface area contributed by atoms with Crippen molar-refractivity contribution < 1.29 is 9.53 Å². The van der Waals surface area contributed by atoms with Gasteiger partial charge in [0.1, 0.15) is 11.9 Å². The van der Waals surface area contributed by atoms with Gasteiger partial charge < -0.3 is 20.8 Å². The number of halogens is 3. The molecule has 128 valence electrons. The van der Waals surface area contributed by atoms with Crippen molar-refractivity contribution in [2.45, 2.75) is 31.6 Å². The van der Waals surface area contributed by atoms with Crippen LogP contribution in [-0.4, -0.2) is 39.6 Å². The average molecular weight is 427 g/mol. The molecule has 0 bridgehead atoms. The summed E-state index contributed by atoms with van der Waals surface area (Å²) >= 11 is 3.35. The third kappa shape index (κ3) is 4.77. The van der Waals surface area contributed by atoms with E-state index in [0.29, 0.717) is 31.0 Å². The molecule has 3 rings (SSSR count). The fourth-order valence-corrected chi connectivity index (χ4v) is 2.70. The van der Waals surface area contributed by atoms with Crippen molar-refractivity contribution in [3.63, 3.8) is 0 Å². The number of nitrogens with one attached hydrogen (secondary N) is 2. The molecular formula is C13H18BrCl2N5O2. The summed E-state index contributed by atoms with van der Waals surface area (Å²) in [4.78, 5) is 23.6. The number of aromatic nitrogens is 3. The minimum atomic E-state index is -0.407. The zero-order chi connectivity index (χ0) is 14.8. The van der Waals surface area contributed by atoms with Crippen molar-refractivity contribution in [3.8, 4) is 0 Å². The molecule has 1 aliphatic heterocycles. The second-order valence-electron chi connectivity index (χ2n) is 4.99. The Hall–Kier alpha value is -0.930. The van der Waals surface area contributed by atoms with Crippen LogP contribution < -0.4 is 11.1 Å². The number of ether oxygens (including phenoxy) is 1. The summed E-state index contributed by atoms with van der Waals surface area (Å²) in [5.41, 5.74) is 6.99. The summed E-state index contributed by atoms with van der Waals surface area (Å²) in [6.45, 7) is 0.772. The smallest absolute Gasteiger partial charge is 0.249 e. The molecule has 1 saturated heterocycles. The molecule has 10 heteroatoms. The zero-order valence-electron chi connectivity index (χ0n) is 12.1. The van der Waals surface area contributed by atoms with Crippen LogP contribution in [0.4, 0.5) is 0 Å². The van der Waals surface area contributed by atoms with E-state index in [1.807, 2.05) is 6.07 Å². The molecule has 0 unspecified atom stereocenters. The number of H-pyrrole nitrogens is 1. The Morgan fingerprint density at radius 1 is 1.48 bits per heavy atom. The van der Waals surface area contributed by atoms with Crippen LogP contribution in [0.5, 0.6) is 0 Å². The summed E-state index contributed by atoms with van der Waals surface area (Å²) in [7, 11) is 0.